The molecule has 0 aliphatic heterocycles. The zero-order valence-corrected chi connectivity index (χ0v) is 3.60. The monoisotopic (exact) mass is 87.0 g/mol. The van der Waals surface area contributed by atoms with Gasteiger partial charge in [0.2, 0.25) is 0 Å². The summed E-state index contributed by atoms with van der Waals surface area (Å²) in [5.74, 6) is -0.394. The van der Waals surface area contributed by atoms with E-state index >= 15 is 0 Å². The topological polar surface area (TPSA) is 26.3 Å². The average molecular weight is 87.1 g/mol. The van der Waals surface area contributed by atoms with Crippen LogP contribution in [0.25, 0.3) is 0 Å². The van der Waals surface area contributed by atoms with Crippen molar-refractivity contribution in [2.45, 2.75) is 0 Å². The van der Waals surface area contributed by atoms with Crippen LogP contribution in [0.2, 0.25) is 0 Å². The molecule has 0 atom stereocenters. The van der Waals surface area contributed by atoms with Crippen molar-refractivity contribution >= 4 is 5.97 Å². The van der Waals surface area contributed by atoms with E-state index in [1.165, 1.54) is 7.11 Å². The Bertz CT molecular complexity index is 70.1. The molecule has 0 bridgehead atoms. The van der Waals surface area contributed by atoms with E-state index in [0.717, 1.165) is 6.08 Å². The fourth-order valence-corrected chi connectivity index (χ4v) is 0.0833. The van der Waals surface area contributed by atoms with Gasteiger partial charge in [0.25, 0.3) is 0 Å². The molecule has 0 unspecified atom stereocenters. The number of hydrogen-bond donors (Lipinski definition) is 0. The zero-order chi connectivity index (χ0) is 4.99. The Hall–Kier alpha value is -0.790. The highest BCUT2D eigenvalue weighted by molar-refractivity contribution is 5.80. The van der Waals surface area contributed by atoms with E-state index in [-0.39, 0.29) is 1.43 Å². The smallest absolute Gasteiger partial charge is 0.329 e. The second kappa shape index (κ2) is 2.45. The van der Waals surface area contributed by atoms with Crippen LogP contribution < -0.4 is 0 Å². The van der Waals surface area contributed by atoms with Crippen molar-refractivity contribution < 1.29 is 11.0 Å². The van der Waals surface area contributed by atoms with Crippen molar-refractivity contribution in [3.63, 3.8) is 0 Å². The van der Waals surface area contributed by atoms with Gasteiger partial charge in [-0.05, 0) is 0 Å². The summed E-state index contributed by atoms with van der Waals surface area (Å²) >= 11 is 0. The predicted molar refractivity (Wildman–Crippen MR) is 23.3 cm³/mol. The van der Waals surface area contributed by atoms with Gasteiger partial charge in [0.1, 0.15) is 0 Å². The second-order valence-electron chi connectivity index (χ2n) is 0.727. The SMILES string of the molecule is C=CC(=O)OC.[H-]. The third kappa shape index (κ3) is 1.52. The molecule has 0 radical (unpaired) electrons. The van der Waals surface area contributed by atoms with E-state index in [9.17, 15) is 4.79 Å². The Morgan fingerprint density at radius 2 is 2.67 bits per heavy atom. The van der Waals surface area contributed by atoms with E-state index in [1.807, 2.05) is 0 Å². The van der Waals surface area contributed by atoms with Crippen molar-refractivity contribution in [2.75, 3.05) is 7.11 Å². The van der Waals surface area contributed by atoms with Gasteiger partial charge in [0, 0.05) is 6.08 Å². The van der Waals surface area contributed by atoms with Gasteiger partial charge in [-0.2, -0.15) is 0 Å². The second-order valence-corrected chi connectivity index (χ2v) is 0.727. The molecular weight excluding hydrogens is 80.0 g/mol. The zero-order valence-electron chi connectivity index (χ0n) is 4.60. The Morgan fingerprint density at radius 3 is 2.67 bits per heavy atom. The van der Waals surface area contributed by atoms with Crippen LogP contribution in [0.4, 0.5) is 0 Å². The molecule has 0 aromatic carbocycles. The quantitative estimate of drug-likeness (QED) is 0.343. The maximum atomic E-state index is 9.84. The van der Waals surface area contributed by atoms with E-state index in [0.29, 0.717) is 0 Å². The molecule has 2 nitrogen and oxygen atoms in total. The molecule has 36 valence electrons. The summed E-state index contributed by atoms with van der Waals surface area (Å²) in [7, 11) is 1.31. The number of ether oxygens (including phenoxy) is 1. The van der Waals surface area contributed by atoms with Crippen molar-refractivity contribution in [1.29, 1.82) is 0 Å². The minimum Gasteiger partial charge on any atom is -1.00 e. The van der Waals surface area contributed by atoms with Crippen LogP contribution in [-0.2, 0) is 9.53 Å². The van der Waals surface area contributed by atoms with Gasteiger partial charge in [-0.1, -0.05) is 6.58 Å². The summed E-state index contributed by atoms with van der Waals surface area (Å²) in [4.78, 5) is 9.84. The van der Waals surface area contributed by atoms with Crippen LogP contribution in [0.1, 0.15) is 1.43 Å². The fourth-order valence-electron chi connectivity index (χ4n) is 0.0833. The molecule has 0 aliphatic rings. The Morgan fingerprint density at radius 1 is 2.17 bits per heavy atom. The third-order valence-electron chi connectivity index (χ3n) is 0.368. The number of hydrogen-bond acceptors (Lipinski definition) is 2. The Kier molecular flexibility index (Phi) is 2.13. The van der Waals surface area contributed by atoms with Crippen LogP contribution in [0.5, 0.6) is 0 Å². The highest BCUT2D eigenvalue weighted by atomic mass is 16.5. The van der Waals surface area contributed by atoms with E-state index in [1.54, 1.807) is 0 Å². The number of rotatable bonds is 1. The fraction of sp³-hybridized carbons (Fsp3) is 0.250. The van der Waals surface area contributed by atoms with Gasteiger partial charge in [0.15, 0.2) is 0 Å². The van der Waals surface area contributed by atoms with Gasteiger partial charge < -0.3 is 6.16 Å². The molecule has 6 heavy (non-hydrogen) atoms. The molecule has 0 fully saturated rings. The maximum absolute atomic E-state index is 9.84. The van der Waals surface area contributed by atoms with Gasteiger partial charge in [0.05, 0.1) is 7.11 Å². The first-order valence-corrected chi connectivity index (χ1v) is 1.51. The van der Waals surface area contributed by atoms with Gasteiger partial charge in [-0.25, -0.2) is 4.79 Å². The Labute approximate surface area is 37.9 Å². The van der Waals surface area contributed by atoms with E-state index in [4.69, 9.17) is 0 Å². The molecule has 2 heteroatoms. The molecule has 0 spiro atoms. The van der Waals surface area contributed by atoms with Crippen molar-refractivity contribution in [3.8, 4) is 0 Å². The maximum Gasteiger partial charge on any atom is 0.329 e. The molecule has 0 aromatic rings. The number of esters is 1. The van der Waals surface area contributed by atoms with Crippen LogP contribution in [0.3, 0.4) is 0 Å². The Balaban J connectivity index is 0. The molecular formula is C4H7O2-. The summed E-state index contributed by atoms with van der Waals surface area (Å²) in [5, 5.41) is 0. The first kappa shape index (κ1) is 5.21. The molecule has 0 N–H and O–H groups in total. The summed E-state index contributed by atoms with van der Waals surface area (Å²) in [6.07, 6.45) is 1.11. The summed E-state index contributed by atoms with van der Waals surface area (Å²) in [6.45, 7) is 3.16. The molecule has 0 aromatic heterocycles. The lowest BCUT2D eigenvalue weighted by Gasteiger charge is -1.83. The summed E-state index contributed by atoms with van der Waals surface area (Å²) < 4.78 is 4.14. The van der Waals surface area contributed by atoms with Crippen molar-refractivity contribution in [2.24, 2.45) is 0 Å². The van der Waals surface area contributed by atoms with Gasteiger partial charge >= 0.3 is 5.97 Å². The van der Waals surface area contributed by atoms with Crippen LogP contribution in [0, 0.1) is 0 Å². The van der Waals surface area contributed by atoms with Crippen LogP contribution >= 0.6 is 0 Å². The lowest BCUT2D eigenvalue weighted by atomic mass is 10.7. The van der Waals surface area contributed by atoms with Crippen molar-refractivity contribution in [1.82, 2.24) is 0 Å². The molecule has 0 amide bonds. The molecule has 0 aliphatic carbocycles. The minimum atomic E-state index is -0.394. The highest BCUT2D eigenvalue weighted by Crippen LogP contribution is 1.67. The highest BCUT2D eigenvalue weighted by Gasteiger charge is 1.81. The first-order valence-electron chi connectivity index (χ1n) is 1.51. The third-order valence-corrected chi connectivity index (χ3v) is 0.368. The van der Waals surface area contributed by atoms with Crippen molar-refractivity contribution in [3.05, 3.63) is 12.7 Å². The lowest BCUT2D eigenvalue weighted by Crippen LogP contribution is -1.91. The van der Waals surface area contributed by atoms with Crippen LogP contribution in [0.15, 0.2) is 12.7 Å². The largest absolute Gasteiger partial charge is 1.00 e. The summed E-state index contributed by atoms with van der Waals surface area (Å²) in [6, 6.07) is 0. The van der Waals surface area contributed by atoms with E-state index < -0.39 is 5.97 Å². The molecule has 0 rings (SSSR count). The molecule has 0 heterocycles. The number of carbonyl (C=O) groups is 1. The average Bonchev–Trinajstić information content (AvgIpc) is 1.65. The van der Waals surface area contributed by atoms with Gasteiger partial charge in [-0.15, -0.1) is 0 Å². The van der Waals surface area contributed by atoms with E-state index in [2.05, 4.69) is 11.3 Å². The molecule has 0 saturated heterocycles. The summed E-state index contributed by atoms with van der Waals surface area (Å²) in [5.41, 5.74) is 0. The van der Waals surface area contributed by atoms with Gasteiger partial charge in [-0.3, -0.25) is 0 Å². The lowest BCUT2D eigenvalue weighted by molar-refractivity contribution is -0.134. The first-order chi connectivity index (χ1) is 2.81. The number of carbonyl (C=O) groups excluding carboxylic acids is 1. The minimum absolute atomic E-state index is 0. The molecule has 0 saturated carbocycles. The number of methoxy groups -OCH3 is 1. The normalized spacial score (nSPS) is 6.83. The standard InChI is InChI=1S/C4H6O2.H/c1-3-4(5)6-2;/h3H,1H2,2H3;/q;-1. The predicted octanol–water partition coefficient (Wildman–Crippen LogP) is 0.458. The van der Waals surface area contributed by atoms with Crippen LogP contribution in [-0.4, -0.2) is 13.1 Å².